The van der Waals surface area contributed by atoms with Gasteiger partial charge >= 0.3 is 6.03 Å². The Bertz CT molecular complexity index is 791. The van der Waals surface area contributed by atoms with Crippen LogP contribution in [0.1, 0.15) is 48.2 Å². The Balaban J connectivity index is 1.23. The third-order valence-electron chi connectivity index (χ3n) is 6.14. The summed E-state index contributed by atoms with van der Waals surface area (Å²) in [6.45, 7) is 4.87. The van der Waals surface area contributed by atoms with Crippen molar-refractivity contribution in [1.29, 1.82) is 0 Å². The fourth-order valence-corrected chi connectivity index (χ4v) is 4.55. The molecule has 2 N–H and O–H groups in total. The molecular weight excluding hydrogens is 364 g/mol. The van der Waals surface area contributed by atoms with Gasteiger partial charge in [0, 0.05) is 50.7 Å². The van der Waals surface area contributed by atoms with Gasteiger partial charge in [-0.2, -0.15) is 0 Å². The van der Waals surface area contributed by atoms with Crippen molar-refractivity contribution >= 4 is 6.03 Å². The summed E-state index contributed by atoms with van der Waals surface area (Å²) >= 11 is 0. The number of amides is 2. The number of nitrogens with one attached hydrogen (secondary N) is 2. The number of carbonyl (C=O) groups excluding carboxylic acids is 1. The number of hydrogen-bond acceptors (Lipinski definition) is 4. The van der Waals surface area contributed by atoms with E-state index in [2.05, 4.69) is 57.8 Å². The molecule has 1 fully saturated rings. The molecule has 29 heavy (non-hydrogen) atoms. The molecule has 2 aromatic rings. The summed E-state index contributed by atoms with van der Waals surface area (Å²) < 4.78 is 5.51. The van der Waals surface area contributed by atoms with Crippen LogP contribution in [0.3, 0.4) is 0 Å². The minimum atomic E-state index is -0.0814. The van der Waals surface area contributed by atoms with Crippen molar-refractivity contribution < 1.29 is 9.21 Å². The summed E-state index contributed by atoms with van der Waals surface area (Å²) in [6.07, 6.45) is 5.66. The Labute approximate surface area is 173 Å². The zero-order valence-electron chi connectivity index (χ0n) is 17.3. The number of likely N-dealkylation sites (N-methyl/N-ethyl adjacent to an activating group) is 1. The number of carbonyl (C=O) groups is 1. The van der Waals surface area contributed by atoms with Gasteiger partial charge in [-0.1, -0.05) is 30.3 Å². The Morgan fingerprint density at radius 1 is 1.21 bits per heavy atom. The van der Waals surface area contributed by atoms with E-state index in [-0.39, 0.29) is 12.1 Å². The summed E-state index contributed by atoms with van der Waals surface area (Å²) in [7, 11) is 2.19. The third-order valence-corrected chi connectivity index (χ3v) is 6.14. The Morgan fingerprint density at radius 2 is 2.07 bits per heavy atom. The topological polar surface area (TPSA) is 60.8 Å². The molecule has 6 heteroatoms. The highest BCUT2D eigenvalue weighted by atomic mass is 16.3. The summed E-state index contributed by atoms with van der Waals surface area (Å²) in [4.78, 5) is 17.3. The average molecular weight is 397 g/mol. The van der Waals surface area contributed by atoms with Crippen LogP contribution in [0.25, 0.3) is 0 Å². The van der Waals surface area contributed by atoms with Gasteiger partial charge in [-0.3, -0.25) is 4.90 Å². The van der Waals surface area contributed by atoms with Crippen molar-refractivity contribution in [2.75, 3.05) is 39.8 Å². The number of hydrogen-bond donors (Lipinski definition) is 2. The van der Waals surface area contributed by atoms with Gasteiger partial charge in [0.25, 0.3) is 0 Å². The maximum Gasteiger partial charge on any atom is 0.315 e. The first kappa shape index (κ1) is 20.0. The van der Waals surface area contributed by atoms with Crippen molar-refractivity contribution in [2.24, 2.45) is 0 Å². The van der Waals surface area contributed by atoms with Crippen molar-refractivity contribution in [3.8, 4) is 0 Å². The fourth-order valence-electron chi connectivity index (χ4n) is 4.55. The molecule has 2 atom stereocenters. The largest absolute Gasteiger partial charge is 0.469 e. The second-order valence-corrected chi connectivity index (χ2v) is 8.22. The number of aryl methyl sites for hydroxylation is 1. The highest BCUT2D eigenvalue weighted by molar-refractivity contribution is 5.74. The number of rotatable bonds is 6. The molecule has 1 saturated heterocycles. The van der Waals surface area contributed by atoms with E-state index in [4.69, 9.17) is 4.42 Å². The molecular formula is C23H32N4O2. The maximum atomic E-state index is 12.3. The Morgan fingerprint density at radius 3 is 2.93 bits per heavy atom. The van der Waals surface area contributed by atoms with E-state index in [1.807, 2.05) is 6.07 Å². The van der Waals surface area contributed by atoms with E-state index in [1.54, 1.807) is 6.26 Å². The van der Waals surface area contributed by atoms with E-state index in [0.717, 1.165) is 63.2 Å². The van der Waals surface area contributed by atoms with Crippen LogP contribution in [0.15, 0.2) is 47.1 Å². The van der Waals surface area contributed by atoms with Crippen LogP contribution in [-0.4, -0.2) is 55.6 Å². The minimum Gasteiger partial charge on any atom is -0.469 e. The van der Waals surface area contributed by atoms with Crippen molar-refractivity contribution in [1.82, 2.24) is 20.4 Å². The monoisotopic (exact) mass is 396 g/mol. The van der Waals surface area contributed by atoms with Gasteiger partial charge in [0.1, 0.15) is 5.76 Å². The van der Waals surface area contributed by atoms with Crippen LogP contribution < -0.4 is 10.6 Å². The quantitative estimate of drug-likeness (QED) is 0.736. The number of piperazine rings is 1. The highest BCUT2D eigenvalue weighted by Crippen LogP contribution is 2.30. The van der Waals surface area contributed by atoms with Gasteiger partial charge in [0.15, 0.2) is 0 Å². The van der Waals surface area contributed by atoms with Crippen LogP contribution in [0.4, 0.5) is 4.79 Å². The van der Waals surface area contributed by atoms with Crippen molar-refractivity contribution in [2.45, 2.75) is 37.8 Å². The predicted molar refractivity (Wildman–Crippen MR) is 114 cm³/mol. The SMILES string of the molecule is CN1CCN(CCCNC(=O)NC2CCCc3occc32)C(c2ccccc2)C1. The van der Waals surface area contributed by atoms with Crippen molar-refractivity contribution in [3.63, 3.8) is 0 Å². The molecule has 2 heterocycles. The molecule has 0 bridgehead atoms. The first-order valence-electron chi connectivity index (χ1n) is 10.8. The normalized spacial score (nSPS) is 22.8. The Kier molecular flexibility index (Phi) is 6.52. The fraction of sp³-hybridized carbons (Fsp3) is 0.522. The molecule has 6 nitrogen and oxygen atoms in total. The molecule has 156 valence electrons. The highest BCUT2D eigenvalue weighted by Gasteiger charge is 2.26. The maximum absolute atomic E-state index is 12.3. The lowest BCUT2D eigenvalue weighted by atomic mass is 9.93. The van der Waals surface area contributed by atoms with Crippen LogP contribution in [0.2, 0.25) is 0 Å². The molecule has 2 aliphatic rings. The molecule has 2 unspecified atom stereocenters. The zero-order valence-corrected chi connectivity index (χ0v) is 17.3. The average Bonchev–Trinajstić information content (AvgIpc) is 3.23. The van der Waals surface area contributed by atoms with Gasteiger partial charge in [0.2, 0.25) is 0 Å². The van der Waals surface area contributed by atoms with E-state index in [1.165, 1.54) is 5.56 Å². The molecule has 2 amide bonds. The van der Waals surface area contributed by atoms with Crippen LogP contribution >= 0.6 is 0 Å². The van der Waals surface area contributed by atoms with Crippen LogP contribution in [0.5, 0.6) is 0 Å². The number of fused-ring (bicyclic) bond motifs is 1. The molecule has 1 aromatic carbocycles. The van der Waals surface area contributed by atoms with Crippen LogP contribution in [-0.2, 0) is 6.42 Å². The lowest BCUT2D eigenvalue weighted by molar-refractivity contribution is 0.0889. The lowest BCUT2D eigenvalue weighted by Crippen LogP contribution is -2.47. The number of benzene rings is 1. The van der Waals surface area contributed by atoms with Gasteiger partial charge in [-0.25, -0.2) is 4.79 Å². The predicted octanol–water partition coefficient (Wildman–Crippen LogP) is 3.34. The van der Waals surface area contributed by atoms with E-state index >= 15 is 0 Å². The first-order valence-corrected chi connectivity index (χ1v) is 10.8. The second-order valence-electron chi connectivity index (χ2n) is 8.22. The molecule has 1 aliphatic heterocycles. The van der Waals surface area contributed by atoms with Crippen molar-refractivity contribution in [3.05, 3.63) is 59.5 Å². The number of urea groups is 1. The summed E-state index contributed by atoms with van der Waals surface area (Å²) in [5.41, 5.74) is 2.51. The minimum absolute atomic E-state index is 0.0672. The standard InChI is InChI=1S/C23H32N4O2/c1-26-14-15-27(21(17-26)18-7-3-2-4-8-18)13-6-12-24-23(28)25-20-9-5-10-22-19(20)11-16-29-22/h2-4,7-8,11,16,20-21H,5-6,9-10,12-15,17H2,1H3,(H2,24,25,28). The summed E-state index contributed by atoms with van der Waals surface area (Å²) in [5, 5.41) is 6.15. The third kappa shape index (κ3) is 5.00. The van der Waals surface area contributed by atoms with Gasteiger partial charge in [-0.05, 0) is 37.9 Å². The van der Waals surface area contributed by atoms with Gasteiger partial charge in [-0.15, -0.1) is 0 Å². The Hall–Kier alpha value is -2.31. The molecule has 1 aliphatic carbocycles. The lowest BCUT2D eigenvalue weighted by Gasteiger charge is -2.40. The number of furan rings is 1. The molecule has 0 saturated carbocycles. The van der Waals surface area contributed by atoms with Gasteiger partial charge < -0.3 is 20.0 Å². The summed E-state index contributed by atoms with van der Waals surface area (Å²) in [5.74, 6) is 1.02. The van der Waals surface area contributed by atoms with Gasteiger partial charge in [0.05, 0.1) is 12.3 Å². The molecule has 0 radical (unpaired) electrons. The first-order chi connectivity index (χ1) is 14.2. The second kappa shape index (κ2) is 9.46. The van der Waals surface area contributed by atoms with E-state index < -0.39 is 0 Å². The molecule has 4 rings (SSSR count). The van der Waals surface area contributed by atoms with Crippen LogP contribution in [0, 0.1) is 0 Å². The summed E-state index contributed by atoms with van der Waals surface area (Å²) in [6, 6.07) is 13.1. The van der Waals surface area contributed by atoms with E-state index in [0.29, 0.717) is 12.6 Å². The molecule has 0 spiro atoms. The van der Waals surface area contributed by atoms with E-state index in [9.17, 15) is 4.79 Å². The number of nitrogens with zero attached hydrogens (tertiary/aromatic N) is 2. The zero-order chi connectivity index (χ0) is 20.1. The molecule has 1 aromatic heterocycles. The smallest absolute Gasteiger partial charge is 0.315 e.